The number of hydrogen-bond donors (Lipinski definition) is 0. The van der Waals surface area contributed by atoms with Gasteiger partial charge in [0.1, 0.15) is 34.1 Å². The molecule has 2 atom stereocenters. The lowest BCUT2D eigenvalue weighted by Crippen LogP contribution is -2.31. The van der Waals surface area contributed by atoms with Crippen LogP contribution in [0, 0.1) is 47.3 Å². The summed E-state index contributed by atoms with van der Waals surface area (Å²) in [6.07, 6.45) is 9.86. The topological polar surface area (TPSA) is 263 Å². The zero-order valence-electron chi connectivity index (χ0n) is 49.8. The predicted octanol–water partition coefficient (Wildman–Crippen LogP) is 11.0. The lowest BCUT2D eigenvalue weighted by molar-refractivity contribution is -0.152. The highest BCUT2D eigenvalue weighted by Crippen LogP contribution is 2.37. The highest BCUT2D eigenvalue weighted by Gasteiger charge is 2.36. The summed E-state index contributed by atoms with van der Waals surface area (Å²) in [4.78, 5) is 129. The average molecular weight is 1180 g/mol. The predicted molar refractivity (Wildman–Crippen MR) is 305 cm³/mol. The van der Waals surface area contributed by atoms with Gasteiger partial charge >= 0.3 is 59.7 Å². The number of carbonyl (C=O) groups is 10. The third-order valence-corrected chi connectivity index (χ3v) is 15.2. The molecule has 0 saturated heterocycles. The molecule has 5 rings (SSSR count). The van der Waals surface area contributed by atoms with Gasteiger partial charge in [-0.15, -0.1) is 0 Å². The number of carbonyl (C=O) groups excluding carboxylic acids is 10. The lowest BCUT2D eigenvalue weighted by atomic mass is 9.82. The van der Waals surface area contributed by atoms with E-state index < -0.39 is 71.4 Å². The van der Waals surface area contributed by atoms with E-state index in [2.05, 4.69) is 13.2 Å². The summed E-state index contributed by atoms with van der Waals surface area (Å²) < 4.78 is 55.0. The summed E-state index contributed by atoms with van der Waals surface area (Å²) >= 11 is 0. The molecule has 0 radical (unpaired) electrons. The molecule has 20 nitrogen and oxygen atoms in total. The minimum atomic E-state index is -0.783. The van der Waals surface area contributed by atoms with Crippen LogP contribution in [-0.2, 0) is 66.8 Å². The average Bonchev–Trinajstić information content (AvgIpc) is 3.72. The van der Waals surface area contributed by atoms with Gasteiger partial charge in [0.05, 0.1) is 75.1 Å². The fourth-order valence-corrected chi connectivity index (χ4v) is 9.40. The maximum Gasteiger partial charge on any atom is 0.342 e. The second kappa shape index (κ2) is 37.0. The van der Waals surface area contributed by atoms with Crippen molar-refractivity contribution in [2.24, 2.45) is 47.3 Å². The SMILES string of the molecule is C=CC(=O)OCCCCOC(=O)C1CCC(C(=O)Oc2ccc(OC(=O)C3CCC(C(=O)Oc4ccc(OC(=O)C5CCC(C(=O)OCCCCOC(=O)C=C)CC5)cc4C(=O)OCC(C)CC)CC3)c(C(=O)OCC(C)CC)c2)CC1.CC. The molecule has 2 aromatic rings. The second-order valence-corrected chi connectivity index (χ2v) is 21.4. The van der Waals surface area contributed by atoms with Crippen molar-refractivity contribution in [3.05, 3.63) is 72.8 Å². The van der Waals surface area contributed by atoms with Gasteiger partial charge in [0.2, 0.25) is 0 Å². The molecular formula is C64H86O20. The highest BCUT2D eigenvalue weighted by molar-refractivity contribution is 5.95. The highest BCUT2D eigenvalue weighted by atomic mass is 16.6. The van der Waals surface area contributed by atoms with Crippen molar-refractivity contribution < 1.29 is 95.3 Å². The van der Waals surface area contributed by atoms with Crippen molar-refractivity contribution >= 4 is 59.7 Å². The number of hydrogen-bond acceptors (Lipinski definition) is 20. The first-order valence-corrected chi connectivity index (χ1v) is 29.8. The van der Waals surface area contributed by atoms with Gasteiger partial charge in [0.25, 0.3) is 0 Å². The van der Waals surface area contributed by atoms with E-state index >= 15 is 0 Å². The van der Waals surface area contributed by atoms with E-state index in [4.69, 9.17) is 47.4 Å². The van der Waals surface area contributed by atoms with Crippen molar-refractivity contribution in [3.8, 4) is 23.0 Å². The van der Waals surface area contributed by atoms with Crippen molar-refractivity contribution in [1.29, 1.82) is 0 Å². The summed E-state index contributed by atoms with van der Waals surface area (Å²) in [7, 11) is 0. The summed E-state index contributed by atoms with van der Waals surface area (Å²) in [6.45, 7) is 19.3. The molecule has 462 valence electrons. The van der Waals surface area contributed by atoms with Gasteiger partial charge in [0, 0.05) is 12.2 Å². The molecule has 0 heterocycles. The monoisotopic (exact) mass is 1170 g/mol. The second-order valence-electron chi connectivity index (χ2n) is 21.4. The van der Waals surface area contributed by atoms with E-state index in [0.717, 1.165) is 25.0 Å². The Morgan fingerprint density at radius 1 is 0.417 bits per heavy atom. The standard InChI is InChI=1S/C62H80O20.C2H6/c1-7-39(5)37-77-61(71)49-35-47(79-57(67)43-19-15-41(16-20-43)55(65)75-33-13-11-31-73-53(63)9-3)27-29-51(49)81-59(69)45-23-25-46(26-24-45)60(70)82-52-30-28-48(36-50(52)62(72)78-38-40(6)8-2)80-58(68)44-21-17-42(18-22-44)56(66)76-34-14-12-32-74-54(64)10-4;1-2/h9-10,27-30,35-36,39-46H,3-4,7-8,11-26,31-34,37-38H2,1-2,5-6H3;1-2H3. The summed E-state index contributed by atoms with van der Waals surface area (Å²) in [5.41, 5.74) is -0.247. The molecule has 3 aliphatic rings. The van der Waals surface area contributed by atoms with E-state index in [9.17, 15) is 47.9 Å². The molecule has 0 bridgehead atoms. The van der Waals surface area contributed by atoms with Gasteiger partial charge in [-0.1, -0.05) is 67.5 Å². The fraction of sp³-hybridized carbons (Fsp3) is 0.594. The molecule has 84 heavy (non-hydrogen) atoms. The molecule has 0 N–H and O–H groups in total. The smallest absolute Gasteiger partial charge is 0.342 e. The molecule has 2 unspecified atom stereocenters. The maximum absolute atomic E-state index is 13.7. The van der Waals surface area contributed by atoms with Gasteiger partial charge in [0.15, 0.2) is 0 Å². The molecule has 0 spiro atoms. The van der Waals surface area contributed by atoms with Crippen molar-refractivity contribution in [2.75, 3.05) is 39.6 Å². The molecule has 3 aliphatic carbocycles. The quantitative estimate of drug-likeness (QED) is 0.0231. The van der Waals surface area contributed by atoms with Crippen LogP contribution in [0.2, 0.25) is 0 Å². The molecule has 20 heteroatoms. The van der Waals surface area contributed by atoms with Crippen LogP contribution in [0.15, 0.2) is 61.7 Å². The molecule has 2 aromatic carbocycles. The zero-order chi connectivity index (χ0) is 61.6. The minimum Gasteiger partial charge on any atom is -0.465 e. The zero-order valence-corrected chi connectivity index (χ0v) is 49.8. The van der Waals surface area contributed by atoms with E-state index in [1.807, 2.05) is 41.5 Å². The van der Waals surface area contributed by atoms with Gasteiger partial charge in [-0.2, -0.15) is 0 Å². The fourth-order valence-electron chi connectivity index (χ4n) is 9.40. The Labute approximate surface area is 493 Å². The van der Waals surface area contributed by atoms with Gasteiger partial charge in [-0.3, -0.25) is 28.8 Å². The first-order valence-electron chi connectivity index (χ1n) is 29.8. The van der Waals surface area contributed by atoms with Crippen LogP contribution in [0.3, 0.4) is 0 Å². The van der Waals surface area contributed by atoms with E-state index in [1.165, 1.54) is 36.4 Å². The van der Waals surface area contributed by atoms with Crippen LogP contribution in [0.4, 0.5) is 0 Å². The number of unbranched alkanes of at least 4 members (excludes halogenated alkanes) is 2. The summed E-state index contributed by atoms with van der Waals surface area (Å²) in [5, 5.41) is 0. The Balaban J connectivity index is 0.00000748. The van der Waals surface area contributed by atoms with E-state index in [-0.39, 0.29) is 135 Å². The Hall–Kier alpha value is -7.38. The Morgan fingerprint density at radius 3 is 0.976 bits per heavy atom. The Morgan fingerprint density at radius 2 is 0.690 bits per heavy atom. The number of ether oxygens (including phenoxy) is 10. The number of esters is 10. The van der Waals surface area contributed by atoms with Gasteiger partial charge in [-0.05, 0) is 151 Å². The van der Waals surface area contributed by atoms with Gasteiger partial charge in [-0.25, -0.2) is 19.2 Å². The Bertz CT molecular complexity index is 2370. The van der Waals surface area contributed by atoms with Gasteiger partial charge < -0.3 is 47.4 Å². The van der Waals surface area contributed by atoms with Crippen molar-refractivity contribution in [2.45, 2.75) is 157 Å². The van der Waals surface area contributed by atoms with E-state index in [1.54, 1.807) is 0 Å². The maximum atomic E-state index is 13.7. The van der Waals surface area contributed by atoms with Crippen LogP contribution in [0.5, 0.6) is 23.0 Å². The van der Waals surface area contributed by atoms with Crippen LogP contribution in [0.25, 0.3) is 0 Å². The van der Waals surface area contributed by atoms with Crippen molar-refractivity contribution in [3.63, 3.8) is 0 Å². The van der Waals surface area contributed by atoms with Crippen LogP contribution in [-0.4, -0.2) is 99.3 Å². The molecular weight excluding hydrogens is 1090 g/mol. The first-order chi connectivity index (χ1) is 40.4. The largest absolute Gasteiger partial charge is 0.465 e. The third-order valence-electron chi connectivity index (χ3n) is 15.2. The molecule has 3 fully saturated rings. The summed E-state index contributed by atoms with van der Waals surface area (Å²) in [6, 6.07) is 8.16. The third kappa shape index (κ3) is 23.0. The molecule has 3 saturated carbocycles. The summed E-state index contributed by atoms with van der Waals surface area (Å²) in [5.74, 6) is -8.80. The first kappa shape index (κ1) is 69.1. The van der Waals surface area contributed by atoms with Crippen molar-refractivity contribution in [1.82, 2.24) is 0 Å². The molecule has 0 aromatic heterocycles. The Kier molecular flexibility index (Phi) is 30.5. The normalized spacial score (nSPS) is 19.8. The minimum absolute atomic E-state index is 0.0366. The van der Waals surface area contributed by atoms with Crippen LogP contribution >= 0.6 is 0 Å². The number of benzene rings is 2. The molecule has 0 amide bonds. The van der Waals surface area contributed by atoms with Crippen LogP contribution in [0.1, 0.15) is 178 Å². The molecule has 0 aliphatic heterocycles. The van der Waals surface area contributed by atoms with E-state index in [0.29, 0.717) is 77.0 Å². The lowest BCUT2D eigenvalue weighted by Gasteiger charge is -2.26. The number of rotatable bonds is 30. The van der Waals surface area contributed by atoms with Crippen LogP contribution < -0.4 is 18.9 Å².